The Hall–Kier alpha value is -1.88. The number of pyridine rings is 1. The topological polar surface area (TPSA) is 37.3 Å². The summed E-state index contributed by atoms with van der Waals surface area (Å²) in [5, 5.41) is 3.73. The number of rotatable bonds is 2. The molecule has 1 N–H and O–H groups in total. The lowest BCUT2D eigenvalue weighted by Crippen LogP contribution is -2.43. The predicted molar refractivity (Wildman–Crippen MR) is 83.7 cm³/mol. The average Bonchev–Trinajstić information content (AvgIpc) is 2.51. The molecule has 5 heteroatoms. The molecule has 0 saturated carbocycles. The van der Waals surface area contributed by atoms with Crippen molar-refractivity contribution in [3.63, 3.8) is 0 Å². The molecule has 1 aliphatic rings. The van der Waals surface area contributed by atoms with Crippen LogP contribution in [0.25, 0.3) is 10.9 Å². The van der Waals surface area contributed by atoms with Crippen molar-refractivity contribution in [2.24, 2.45) is 0 Å². The number of anilines is 1. The maximum atomic E-state index is 14.4. The van der Waals surface area contributed by atoms with Gasteiger partial charge in [0.05, 0.1) is 11.2 Å². The molecule has 2 aromatic rings. The molecule has 21 heavy (non-hydrogen) atoms. The predicted octanol–water partition coefficient (Wildman–Crippen LogP) is 1.88. The van der Waals surface area contributed by atoms with Gasteiger partial charge in [-0.2, -0.15) is 0 Å². The first-order chi connectivity index (χ1) is 10.1. The second kappa shape index (κ2) is 5.48. The Morgan fingerprint density at radius 3 is 2.67 bits per heavy atom. The summed E-state index contributed by atoms with van der Waals surface area (Å²) in [5.41, 5.74) is 1.97. The first-order valence-corrected chi connectivity index (χ1v) is 7.40. The summed E-state index contributed by atoms with van der Waals surface area (Å²) in [6.45, 7) is 7.82. The number of halogens is 1. The molecule has 1 aromatic carbocycles. The van der Waals surface area contributed by atoms with Gasteiger partial charge in [-0.25, -0.2) is 4.39 Å². The molecule has 0 unspecified atom stereocenters. The zero-order valence-corrected chi connectivity index (χ0v) is 12.4. The highest BCUT2D eigenvalue weighted by Gasteiger charge is 2.17. The normalized spacial score (nSPS) is 15.7. The van der Waals surface area contributed by atoms with Crippen LogP contribution in [0.15, 0.2) is 23.1 Å². The number of benzene rings is 1. The quantitative estimate of drug-likeness (QED) is 0.917. The summed E-state index contributed by atoms with van der Waals surface area (Å²) < 4.78 is 16.5. The summed E-state index contributed by atoms with van der Waals surface area (Å²) in [5.74, 6) is -0.310. The van der Waals surface area contributed by atoms with Gasteiger partial charge in [0.15, 0.2) is 5.43 Å². The van der Waals surface area contributed by atoms with E-state index >= 15 is 0 Å². The molecular weight excluding hydrogens is 269 g/mol. The lowest BCUT2D eigenvalue weighted by molar-refractivity contribution is 0.567. The molecule has 1 saturated heterocycles. The summed E-state index contributed by atoms with van der Waals surface area (Å²) in [4.78, 5) is 14.3. The minimum atomic E-state index is -0.310. The minimum absolute atomic E-state index is 0.0829. The van der Waals surface area contributed by atoms with Crippen molar-refractivity contribution < 1.29 is 4.39 Å². The van der Waals surface area contributed by atoms with Crippen molar-refractivity contribution in [2.75, 3.05) is 31.1 Å². The minimum Gasteiger partial charge on any atom is -0.367 e. The van der Waals surface area contributed by atoms with Crippen LogP contribution in [-0.2, 0) is 6.54 Å². The van der Waals surface area contributed by atoms with Crippen LogP contribution in [0.2, 0.25) is 0 Å². The van der Waals surface area contributed by atoms with E-state index in [0.29, 0.717) is 16.6 Å². The van der Waals surface area contributed by atoms with Crippen LogP contribution in [0.4, 0.5) is 10.1 Å². The second-order valence-corrected chi connectivity index (χ2v) is 5.49. The zero-order chi connectivity index (χ0) is 15.0. The van der Waals surface area contributed by atoms with Gasteiger partial charge in [-0.3, -0.25) is 4.79 Å². The van der Waals surface area contributed by atoms with E-state index in [4.69, 9.17) is 0 Å². The van der Waals surface area contributed by atoms with Crippen molar-refractivity contribution >= 4 is 16.6 Å². The highest BCUT2D eigenvalue weighted by atomic mass is 19.1. The van der Waals surface area contributed by atoms with Gasteiger partial charge in [-0.1, -0.05) is 0 Å². The zero-order valence-electron chi connectivity index (χ0n) is 12.4. The number of nitrogens with zero attached hydrogens (tertiary/aromatic N) is 2. The highest BCUT2D eigenvalue weighted by Crippen LogP contribution is 2.25. The van der Waals surface area contributed by atoms with Crippen LogP contribution >= 0.6 is 0 Å². The molecule has 2 heterocycles. The Labute approximate surface area is 123 Å². The van der Waals surface area contributed by atoms with Gasteiger partial charge in [0, 0.05) is 49.9 Å². The fourth-order valence-electron chi connectivity index (χ4n) is 2.95. The lowest BCUT2D eigenvalue weighted by atomic mass is 10.1. The van der Waals surface area contributed by atoms with E-state index in [-0.39, 0.29) is 11.2 Å². The molecule has 4 nitrogen and oxygen atoms in total. The van der Waals surface area contributed by atoms with Crippen molar-refractivity contribution in [1.82, 2.24) is 9.88 Å². The Kier molecular flexibility index (Phi) is 3.68. The number of hydrogen-bond acceptors (Lipinski definition) is 3. The standard InChI is InChI=1S/C16H20FN3O/c1-3-19-10-11(2)16(21)12-8-13(17)15(9-14(12)19)20-6-4-18-5-7-20/h8-10,18H,3-7H2,1-2H3. The molecule has 0 bridgehead atoms. The Balaban J connectivity index is 2.22. The summed E-state index contributed by atoms with van der Waals surface area (Å²) in [6.07, 6.45) is 1.85. The third-order valence-corrected chi connectivity index (χ3v) is 4.13. The van der Waals surface area contributed by atoms with Crippen molar-refractivity contribution in [1.29, 1.82) is 0 Å². The Morgan fingerprint density at radius 2 is 2.00 bits per heavy atom. The van der Waals surface area contributed by atoms with E-state index in [1.54, 1.807) is 6.92 Å². The molecular formula is C16H20FN3O. The van der Waals surface area contributed by atoms with E-state index in [9.17, 15) is 9.18 Å². The Morgan fingerprint density at radius 1 is 1.29 bits per heavy atom. The van der Waals surface area contributed by atoms with E-state index in [0.717, 1.165) is 38.2 Å². The first-order valence-electron chi connectivity index (χ1n) is 7.40. The molecule has 1 aromatic heterocycles. The van der Waals surface area contributed by atoms with E-state index in [2.05, 4.69) is 5.32 Å². The van der Waals surface area contributed by atoms with Crippen LogP contribution in [0.3, 0.4) is 0 Å². The molecule has 0 spiro atoms. The lowest BCUT2D eigenvalue weighted by Gasteiger charge is -2.30. The molecule has 112 valence electrons. The van der Waals surface area contributed by atoms with Crippen LogP contribution in [0, 0.1) is 12.7 Å². The molecule has 0 aliphatic carbocycles. The number of fused-ring (bicyclic) bond motifs is 1. The van der Waals surface area contributed by atoms with Crippen molar-refractivity contribution in [3.05, 3.63) is 39.9 Å². The van der Waals surface area contributed by atoms with E-state index in [1.165, 1.54) is 6.07 Å². The summed E-state index contributed by atoms with van der Waals surface area (Å²) in [7, 11) is 0. The molecule has 1 aliphatic heterocycles. The number of nitrogens with one attached hydrogen (secondary N) is 1. The van der Waals surface area contributed by atoms with Gasteiger partial charge >= 0.3 is 0 Å². The van der Waals surface area contributed by atoms with Crippen LogP contribution in [-0.4, -0.2) is 30.7 Å². The maximum absolute atomic E-state index is 14.4. The number of aryl methyl sites for hydroxylation is 2. The first kappa shape index (κ1) is 14.1. The number of hydrogen-bond donors (Lipinski definition) is 1. The van der Waals surface area contributed by atoms with Gasteiger partial charge < -0.3 is 14.8 Å². The summed E-state index contributed by atoms with van der Waals surface area (Å²) >= 11 is 0. The van der Waals surface area contributed by atoms with Crippen LogP contribution in [0.1, 0.15) is 12.5 Å². The molecule has 1 fully saturated rings. The molecule has 0 atom stereocenters. The summed E-state index contributed by atoms with van der Waals surface area (Å²) in [6, 6.07) is 3.22. The monoisotopic (exact) mass is 289 g/mol. The van der Waals surface area contributed by atoms with Gasteiger partial charge in [-0.05, 0) is 26.0 Å². The van der Waals surface area contributed by atoms with Crippen molar-refractivity contribution in [2.45, 2.75) is 20.4 Å². The number of aromatic nitrogens is 1. The van der Waals surface area contributed by atoms with Gasteiger partial charge in [0.2, 0.25) is 0 Å². The third-order valence-electron chi connectivity index (χ3n) is 4.13. The maximum Gasteiger partial charge on any atom is 0.192 e. The fourth-order valence-corrected chi connectivity index (χ4v) is 2.95. The highest BCUT2D eigenvalue weighted by molar-refractivity contribution is 5.83. The van der Waals surface area contributed by atoms with E-state index < -0.39 is 0 Å². The molecule has 0 radical (unpaired) electrons. The largest absolute Gasteiger partial charge is 0.367 e. The van der Waals surface area contributed by atoms with Gasteiger partial charge in [0.1, 0.15) is 5.82 Å². The average molecular weight is 289 g/mol. The fraction of sp³-hybridized carbons (Fsp3) is 0.438. The van der Waals surface area contributed by atoms with Gasteiger partial charge in [0.25, 0.3) is 0 Å². The third kappa shape index (κ3) is 2.42. The van der Waals surface area contributed by atoms with Crippen LogP contribution < -0.4 is 15.6 Å². The smallest absolute Gasteiger partial charge is 0.192 e. The Bertz CT molecular complexity index is 732. The van der Waals surface area contributed by atoms with Gasteiger partial charge in [-0.15, -0.1) is 0 Å². The number of piperazine rings is 1. The molecule has 0 amide bonds. The van der Waals surface area contributed by atoms with E-state index in [1.807, 2.05) is 28.7 Å². The second-order valence-electron chi connectivity index (χ2n) is 5.49. The van der Waals surface area contributed by atoms with Crippen LogP contribution in [0.5, 0.6) is 0 Å². The SMILES string of the molecule is CCn1cc(C)c(=O)c2cc(F)c(N3CCNCC3)cc21. The molecule has 3 rings (SSSR count). The van der Waals surface area contributed by atoms with Crippen molar-refractivity contribution in [3.8, 4) is 0 Å².